The van der Waals surface area contributed by atoms with Gasteiger partial charge < -0.3 is 11.1 Å². The highest BCUT2D eigenvalue weighted by Gasteiger charge is 2.27. The number of benzene rings is 1. The molecule has 0 radical (unpaired) electrons. The zero-order valence-electron chi connectivity index (χ0n) is 14.1. The Labute approximate surface area is 159 Å². The lowest BCUT2D eigenvalue weighted by molar-refractivity contribution is 0.0975. The number of primary amides is 1. The van der Waals surface area contributed by atoms with Gasteiger partial charge in [0.05, 0.1) is 5.56 Å². The number of fused-ring (bicyclic) bond motifs is 1. The van der Waals surface area contributed by atoms with Crippen LogP contribution in [0.4, 0.5) is 9.39 Å². The van der Waals surface area contributed by atoms with Gasteiger partial charge in [-0.25, -0.2) is 4.39 Å². The second-order valence-corrected chi connectivity index (χ2v) is 7.85. The molecule has 26 heavy (non-hydrogen) atoms. The Morgan fingerprint density at radius 2 is 2.15 bits per heavy atom. The van der Waals surface area contributed by atoms with Crippen LogP contribution in [0.3, 0.4) is 0 Å². The summed E-state index contributed by atoms with van der Waals surface area (Å²) >= 11 is 6.61. The van der Waals surface area contributed by atoms with Crippen LogP contribution in [-0.4, -0.2) is 16.9 Å². The number of nitrogens with two attached hydrogens (primary N) is 1. The predicted molar refractivity (Wildman–Crippen MR) is 104 cm³/mol. The molecule has 5 nitrogen and oxygen atoms in total. The van der Waals surface area contributed by atoms with Crippen molar-refractivity contribution in [1.82, 2.24) is 5.32 Å². The molecule has 0 unspecified atom stereocenters. The van der Waals surface area contributed by atoms with Crippen LogP contribution in [0.1, 0.15) is 44.5 Å². The van der Waals surface area contributed by atoms with Gasteiger partial charge in [0.25, 0.3) is 11.8 Å². The van der Waals surface area contributed by atoms with Gasteiger partial charge in [0.2, 0.25) is 0 Å². The highest BCUT2D eigenvalue weighted by Crippen LogP contribution is 2.39. The van der Waals surface area contributed by atoms with Crippen molar-refractivity contribution in [2.45, 2.75) is 26.2 Å². The molecule has 1 aliphatic carbocycles. The Hall–Kier alpha value is -2.32. The normalized spacial score (nSPS) is 15.8. The van der Waals surface area contributed by atoms with E-state index in [1.807, 2.05) is 0 Å². The van der Waals surface area contributed by atoms with Gasteiger partial charge in [0.1, 0.15) is 10.8 Å². The van der Waals surface area contributed by atoms with Crippen molar-refractivity contribution in [3.63, 3.8) is 0 Å². The third-order valence-electron chi connectivity index (χ3n) is 4.30. The molecule has 8 heteroatoms. The average molecular weight is 391 g/mol. The topological polar surface area (TPSA) is 84.2 Å². The minimum atomic E-state index is -0.530. The van der Waals surface area contributed by atoms with E-state index in [2.05, 4.69) is 17.6 Å². The van der Waals surface area contributed by atoms with E-state index in [4.69, 9.17) is 18.0 Å². The molecule has 0 fully saturated rings. The van der Waals surface area contributed by atoms with Crippen LogP contribution in [0.15, 0.2) is 24.3 Å². The van der Waals surface area contributed by atoms with Crippen LogP contribution in [0.5, 0.6) is 0 Å². The van der Waals surface area contributed by atoms with Crippen molar-refractivity contribution >= 4 is 45.5 Å². The number of hydrogen-bond donors (Lipinski definition) is 3. The molecule has 1 aliphatic rings. The average Bonchev–Trinajstić information content (AvgIpc) is 2.91. The second kappa shape index (κ2) is 7.51. The molecule has 4 N–H and O–H groups in total. The zero-order valence-corrected chi connectivity index (χ0v) is 15.7. The molecule has 136 valence electrons. The van der Waals surface area contributed by atoms with E-state index < -0.39 is 17.6 Å². The molecule has 1 aromatic carbocycles. The summed E-state index contributed by atoms with van der Waals surface area (Å²) in [5.74, 6) is -1.00. The number of thiophene rings is 1. The van der Waals surface area contributed by atoms with E-state index in [1.54, 1.807) is 0 Å². The van der Waals surface area contributed by atoms with Crippen molar-refractivity contribution in [2.24, 2.45) is 11.7 Å². The molecule has 1 atom stereocenters. The van der Waals surface area contributed by atoms with Gasteiger partial charge in [0.15, 0.2) is 5.11 Å². The van der Waals surface area contributed by atoms with Crippen LogP contribution in [-0.2, 0) is 12.8 Å². The van der Waals surface area contributed by atoms with Gasteiger partial charge in [-0.3, -0.25) is 14.9 Å². The molecule has 2 amide bonds. The molecule has 1 aromatic heterocycles. The van der Waals surface area contributed by atoms with Crippen molar-refractivity contribution < 1.29 is 14.0 Å². The summed E-state index contributed by atoms with van der Waals surface area (Å²) in [5, 5.41) is 5.98. The summed E-state index contributed by atoms with van der Waals surface area (Å²) < 4.78 is 13.2. The van der Waals surface area contributed by atoms with Gasteiger partial charge in [-0.15, -0.1) is 11.3 Å². The zero-order chi connectivity index (χ0) is 18.8. The SMILES string of the molecule is C[C@@H]1CCc2c(sc(NC(=S)NC(=O)c3cccc(F)c3)c2C(N)=O)C1. The maximum atomic E-state index is 13.2. The van der Waals surface area contributed by atoms with Crippen molar-refractivity contribution in [3.05, 3.63) is 51.7 Å². The number of amides is 2. The molecule has 0 spiro atoms. The Kier molecular flexibility index (Phi) is 5.33. The number of rotatable bonds is 3. The van der Waals surface area contributed by atoms with E-state index in [-0.39, 0.29) is 10.7 Å². The molecule has 0 aliphatic heterocycles. The van der Waals surface area contributed by atoms with Gasteiger partial charge >= 0.3 is 0 Å². The monoisotopic (exact) mass is 391 g/mol. The van der Waals surface area contributed by atoms with Crippen molar-refractivity contribution in [2.75, 3.05) is 5.32 Å². The standard InChI is InChI=1S/C18H18FN3O2S2/c1-9-5-6-12-13(7-9)26-17(14(12)15(20)23)22-18(25)21-16(24)10-3-2-4-11(19)8-10/h2-4,8-9H,5-7H2,1H3,(H2,20,23)(H2,21,22,24,25)/t9-/m1/s1. The Morgan fingerprint density at radius 3 is 2.85 bits per heavy atom. The first kappa shape index (κ1) is 18.5. The fourth-order valence-corrected chi connectivity index (χ4v) is 4.72. The van der Waals surface area contributed by atoms with Crippen molar-refractivity contribution in [1.29, 1.82) is 0 Å². The molecule has 3 rings (SSSR count). The number of thiocarbonyl (C=S) groups is 1. The Bertz CT molecular complexity index is 895. The summed E-state index contributed by atoms with van der Waals surface area (Å²) in [6.07, 6.45) is 2.70. The van der Waals surface area contributed by atoms with Crippen LogP contribution in [0.2, 0.25) is 0 Å². The third-order valence-corrected chi connectivity index (χ3v) is 5.67. The first-order valence-electron chi connectivity index (χ1n) is 8.17. The summed E-state index contributed by atoms with van der Waals surface area (Å²) in [5.41, 5.74) is 7.13. The first-order chi connectivity index (χ1) is 12.3. The predicted octanol–water partition coefficient (Wildman–Crippen LogP) is 3.24. The lowest BCUT2D eigenvalue weighted by Crippen LogP contribution is -2.34. The summed E-state index contributed by atoms with van der Waals surface area (Å²) in [6, 6.07) is 5.31. The Morgan fingerprint density at radius 1 is 1.38 bits per heavy atom. The minimum absolute atomic E-state index is 0.0356. The van der Waals surface area contributed by atoms with Crippen LogP contribution in [0, 0.1) is 11.7 Å². The summed E-state index contributed by atoms with van der Waals surface area (Å²) in [4.78, 5) is 25.2. The highest BCUT2D eigenvalue weighted by molar-refractivity contribution is 7.80. The van der Waals surface area contributed by atoms with E-state index in [9.17, 15) is 14.0 Å². The molecule has 0 saturated carbocycles. The number of halogens is 1. The molecule has 1 heterocycles. The Balaban J connectivity index is 1.77. The van der Waals surface area contributed by atoms with Crippen LogP contribution in [0.25, 0.3) is 0 Å². The maximum absolute atomic E-state index is 13.2. The van der Waals surface area contributed by atoms with E-state index in [1.165, 1.54) is 29.5 Å². The van der Waals surface area contributed by atoms with Gasteiger partial charge in [-0.1, -0.05) is 13.0 Å². The first-order valence-corrected chi connectivity index (χ1v) is 9.40. The lowest BCUT2D eigenvalue weighted by Gasteiger charge is -2.18. The smallest absolute Gasteiger partial charge is 0.257 e. The largest absolute Gasteiger partial charge is 0.365 e. The van der Waals surface area contributed by atoms with Crippen LogP contribution >= 0.6 is 23.6 Å². The minimum Gasteiger partial charge on any atom is -0.365 e. The summed E-state index contributed by atoms with van der Waals surface area (Å²) in [7, 11) is 0. The number of hydrogen-bond acceptors (Lipinski definition) is 4. The highest BCUT2D eigenvalue weighted by atomic mass is 32.1. The number of anilines is 1. The van der Waals surface area contributed by atoms with Gasteiger partial charge in [-0.2, -0.15) is 0 Å². The van der Waals surface area contributed by atoms with E-state index in [0.29, 0.717) is 16.5 Å². The van der Waals surface area contributed by atoms with Crippen molar-refractivity contribution in [3.8, 4) is 0 Å². The molecule has 0 bridgehead atoms. The molecule has 0 saturated heterocycles. The summed E-state index contributed by atoms with van der Waals surface area (Å²) in [6.45, 7) is 2.17. The lowest BCUT2D eigenvalue weighted by atomic mass is 9.88. The number of carbonyl (C=O) groups is 2. The molecular weight excluding hydrogens is 373 g/mol. The van der Waals surface area contributed by atoms with Gasteiger partial charge in [-0.05, 0) is 61.2 Å². The fraction of sp³-hybridized carbons (Fsp3) is 0.278. The van der Waals surface area contributed by atoms with E-state index in [0.717, 1.165) is 35.8 Å². The third kappa shape index (κ3) is 3.91. The quantitative estimate of drug-likeness (QED) is 0.702. The fourth-order valence-electron chi connectivity index (χ4n) is 3.04. The van der Waals surface area contributed by atoms with E-state index >= 15 is 0 Å². The molecule has 2 aromatic rings. The van der Waals surface area contributed by atoms with Crippen LogP contribution < -0.4 is 16.4 Å². The second-order valence-electron chi connectivity index (χ2n) is 6.34. The van der Waals surface area contributed by atoms with Gasteiger partial charge in [0, 0.05) is 10.4 Å². The maximum Gasteiger partial charge on any atom is 0.257 e. The number of carbonyl (C=O) groups excluding carboxylic acids is 2. The molecular formula is C18H18FN3O2S2. The number of nitrogens with one attached hydrogen (secondary N) is 2.